The summed E-state index contributed by atoms with van der Waals surface area (Å²) < 4.78 is 10.7. The van der Waals surface area contributed by atoms with Crippen molar-refractivity contribution in [1.29, 1.82) is 0 Å². The van der Waals surface area contributed by atoms with Gasteiger partial charge in [0.2, 0.25) is 6.79 Å². The lowest BCUT2D eigenvalue weighted by atomic mass is 9.99. The summed E-state index contributed by atoms with van der Waals surface area (Å²) in [5, 5.41) is 23.7. The Balaban J connectivity index is 1.65. The minimum absolute atomic E-state index is 0.0616. The number of thiophene rings is 1. The Morgan fingerprint density at radius 2 is 1.84 bits per heavy atom. The van der Waals surface area contributed by atoms with Gasteiger partial charge in [0.1, 0.15) is 11.8 Å². The molecule has 3 heterocycles. The number of ether oxygens (including phenoxy) is 2. The predicted molar refractivity (Wildman–Crippen MR) is 115 cm³/mol. The first-order valence-electron chi connectivity index (χ1n) is 9.44. The molecule has 160 valence electrons. The summed E-state index contributed by atoms with van der Waals surface area (Å²) in [6.45, 7) is 0.0616. The van der Waals surface area contributed by atoms with Crippen LogP contribution in [0.15, 0.2) is 65.6 Å². The molecule has 0 spiro atoms. The number of aliphatic hydroxyl groups excluding tert-OH is 1. The number of aliphatic hydroxyl groups is 1. The van der Waals surface area contributed by atoms with Gasteiger partial charge in [-0.05, 0) is 35.7 Å². The third-order valence-electron chi connectivity index (χ3n) is 5.24. The van der Waals surface area contributed by atoms with Crippen LogP contribution in [0, 0.1) is 10.1 Å². The van der Waals surface area contributed by atoms with Gasteiger partial charge in [0.15, 0.2) is 11.5 Å². The monoisotopic (exact) mass is 450 g/mol. The lowest BCUT2D eigenvalue weighted by molar-refractivity contribution is -0.384. The van der Waals surface area contributed by atoms with Crippen molar-refractivity contribution < 1.29 is 29.1 Å². The molecule has 5 rings (SSSR count). The molecule has 1 fully saturated rings. The second kappa shape index (κ2) is 7.50. The van der Waals surface area contributed by atoms with E-state index in [0.717, 1.165) is 0 Å². The summed E-state index contributed by atoms with van der Waals surface area (Å²) >= 11 is 1.33. The number of nitro benzene ring substituents is 1. The zero-order chi connectivity index (χ0) is 22.4. The first kappa shape index (κ1) is 19.8. The summed E-state index contributed by atoms with van der Waals surface area (Å²) in [6.07, 6.45) is 0. The number of ketones is 1. The predicted octanol–water partition coefficient (Wildman–Crippen LogP) is 4.01. The van der Waals surface area contributed by atoms with Crippen LogP contribution in [0.5, 0.6) is 11.5 Å². The van der Waals surface area contributed by atoms with Crippen molar-refractivity contribution in [3.8, 4) is 11.5 Å². The van der Waals surface area contributed by atoms with Crippen molar-refractivity contribution >= 4 is 40.2 Å². The van der Waals surface area contributed by atoms with Gasteiger partial charge in [-0.2, -0.15) is 0 Å². The maximum Gasteiger partial charge on any atom is 0.300 e. The van der Waals surface area contributed by atoms with Crippen molar-refractivity contribution in [1.82, 2.24) is 0 Å². The number of Topliss-reactive ketones (excluding diaryl/α,β-unsaturated/α-hetero) is 1. The van der Waals surface area contributed by atoms with Gasteiger partial charge >= 0.3 is 0 Å². The minimum Gasteiger partial charge on any atom is -0.507 e. The molecule has 2 aliphatic rings. The highest BCUT2D eigenvalue weighted by molar-refractivity contribution is 7.10. The Kier molecular flexibility index (Phi) is 4.63. The van der Waals surface area contributed by atoms with E-state index in [-0.39, 0.29) is 23.6 Å². The average molecular weight is 450 g/mol. The fraction of sp³-hybridized carbons (Fsp3) is 0.0909. The SMILES string of the molecule is O=C1C(=O)N(c2ccc3c(c2)OCO3)C(c2cccs2)/C1=C(/O)c1ccc([N+](=O)[O-])cc1. The molecule has 10 heteroatoms. The number of carbonyl (C=O) groups excluding carboxylic acids is 2. The molecule has 1 aromatic heterocycles. The molecule has 1 N–H and O–H groups in total. The van der Waals surface area contributed by atoms with Gasteiger partial charge in [-0.3, -0.25) is 24.6 Å². The van der Waals surface area contributed by atoms with Crippen LogP contribution in [0.3, 0.4) is 0 Å². The first-order chi connectivity index (χ1) is 15.5. The fourth-order valence-electron chi connectivity index (χ4n) is 3.75. The third-order valence-corrected chi connectivity index (χ3v) is 6.17. The van der Waals surface area contributed by atoms with Gasteiger partial charge < -0.3 is 14.6 Å². The van der Waals surface area contributed by atoms with E-state index in [4.69, 9.17) is 9.47 Å². The van der Waals surface area contributed by atoms with Gasteiger partial charge in [-0.25, -0.2) is 0 Å². The number of nitrogens with zero attached hydrogens (tertiary/aromatic N) is 2. The van der Waals surface area contributed by atoms with Gasteiger partial charge in [-0.15, -0.1) is 11.3 Å². The average Bonchev–Trinajstić information content (AvgIpc) is 3.53. The lowest BCUT2D eigenvalue weighted by Crippen LogP contribution is -2.29. The summed E-state index contributed by atoms with van der Waals surface area (Å²) in [5.41, 5.74) is 0.361. The number of hydrogen-bond acceptors (Lipinski definition) is 8. The number of hydrogen-bond donors (Lipinski definition) is 1. The van der Waals surface area contributed by atoms with Crippen molar-refractivity contribution in [2.45, 2.75) is 6.04 Å². The zero-order valence-electron chi connectivity index (χ0n) is 16.3. The molecule has 3 aromatic rings. The molecule has 9 nitrogen and oxygen atoms in total. The van der Waals surface area contributed by atoms with Crippen LogP contribution >= 0.6 is 11.3 Å². The van der Waals surface area contributed by atoms with Crippen LogP contribution in [-0.4, -0.2) is 28.5 Å². The Morgan fingerprint density at radius 3 is 2.53 bits per heavy atom. The van der Waals surface area contributed by atoms with Gasteiger partial charge in [0.05, 0.1) is 10.5 Å². The molecule has 0 radical (unpaired) electrons. The van der Waals surface area contributed by atoms with Crippen LogP contribution in [-0.2, 0) is 9.59 Å². The quantitative estimate of drug-likeness (QED) is 0.210. The van der Waals surface area contributed by atoms with E-state index in [1.807, 2.05) is 0 Å². The van der Waals surface area contributed by atoms with E-state index in [9.17, 15) is 24.8 Å². The Hall–Kier alpha value is -4.18. The number of nitro groups is 1. The van der Waals surface area contributed by atoms with Crippen molar-refractivity contribution in [2.24, 2.45) is 0 Å². The summed E-state index contributed by atoms with van der Waals surface area (Å²) in [6, 6.07) is 12.7. The first-order valence-corrected chi connectivity index (χ1v) is 10.3. The van der Waals surface area contributed by atoms with E-state index in [2.05, 4.69) is 0 Å². The lowest BCUT2D eigenvalue weighted by Gasteiger charge is -2.24. The van der Waals surface area contributed by atoms with E-state index in [1.165, 1.54) is 40.5 Å². The van der Waals surface area contributed by atoms with Crippen molar-refractivity contribution in [3.63, 3.8) is 0 Å². The van der Waals surface area contributed by atoms with Gasteiger partial charge in [-0.1, -0.05) is 6.07 Å². The number of anilines is 1. The maximum absolute atomic E-state index is 13.1. The molecule has 1 atom stereocenters. The summed E-state index contributed by atoms with van der Waals surface area (Å²) in [7, 11) is 0. The van der Waals surface area contributed by atoms with Crippen LogP contribution < -0.4 is 14.4 Å². The smallest absolute Gasteiger partial charge is 0.300 e. The normalized spacial score (nSPS) is 18.9. The number of carbonyl (C=O) groups is 2. The van der Waals surface area contributed by atoms with Crippen LogP contribution in [0.4, 0.5) is 11.4 Å². The van der Waals surface area contributed by atoms with E-state index >= 15 is 0 Å². The van der Waals surface area contributed by atoms with Crippen molar-refractivity contribution in [2.75, 3.05) is 11.7 Å². The molecule has 0 bridgehead atoms. The standard InChI is InChI=1S/C22H14N2O7S/c25-20(12-3-5-13(6-4-12)24(28)29)18-19(17-2-1-9-32-17)23(22(27)21(18)26)14-7-8-15-16(10-14)31-11-30-15/h1-10,19,25H,11H2/b20-18-. The Labute approximate surface area is 184 Å². The fourth-order valence-corrected chi connectivity index (χ4v) is 4.57. The molecule has 2 aliphatic heterocycles. The summed E-state index contributed by atoms with van der Waals surface area (Å²) in [4.78, 5) is 38.5. The van der Waals surface area contributed by atoms with Crippen molar-refractivity contribution in [3.05, 3.63) is 86.1 Å². The van der Waals surface area contributed by atoms with Crippen LogP contribution in [0.25, 0.3) is 5.76 Å². The highest BCUT2D eigenvalue weighted by atomic mass is 32.1. The Morgan fingerprint density at radius 1 is 1.09 bits per heavy atom. The molecule has 1 amide bonds. The molecular formula is C22H14N2O7S. The van der Waals surface area contributed by atoms with Crippen LogP contribution in [0.1, 0.15) is 16.5 Å². The number of amides is 1. The van der Waals surface area contributed by atoms with E-state index in [1.54, 1.807) is 35.7 Å². The van der Waals surface area contributed by atoms with E-state index in [0.29, 0.717) is 22.1 Å². The molecule has 1 saturated heterocycles. The zero-order valence-corrected chi connectivity index (χ0v) is 17.1. The van der Waals surface area contributed by atoms with Gasteiger partial charge in [0, 0.05) is 34.3 Å². The molecule has 0 aliphatic carbocycles. The summed E-state index contributed by atoms with van der Waals surface area (Å²) in [5.74, 6) is -1.07. The second-order valence-corrected chi connectivity index (χ2v) is 8.01. The number of rotatable bonds is 4. The second-order valence-electron chi connectivity index (χ2n) is 7.03. The topological polar surface area (TPSA) is 119 Å². The maximum atomic E-state index is 13.1. The molecular weight excluding hydrogens is 436 g/mol. The number of fused-ring (bicyclic) bond motifs is 1. The minimum atomic E-state index is -0.870. The molecule has 0 saturated carbocycles. The molecule has 2 aromatic carbocycles. The van der Waals surface area contributed by atoms with Gasteiger partial charge in [0.25, 0.3) is 17.4 Å². The Bertz CT molecular complexity index is 1280. The molecule has 1 unspecified atom stereocenters. The number of non-ortho nitro benzene ring substituents is 1. The van der Waals surface area contributed by atoms with Crippen LogP contribution in [0.2, 0.25) is 0 Å². The largest absolute Gasteiger partial charge is 0.507 e. The highest BCUT2D eigenvalue weighted by Crippen LogP contribution is 2.45. The molecule has 32 heavy (non-hydrogen) atoms. The number of benzene rings is 2. The third kappa shape index (κ3) is 3.08. The van der Waals surface area contributed by atoms with E-state index < -0.39 is 28.4 Å². The highest BCUT2D eigenvalue weighted by Gasteiger charge is 2.47.